The van der Waals surface area contributed by atoms with E-state index in [0.29, 0.717) is 16.8 Å². The molecule has 22 heavy (non-hydrogen) atoms. The van der Waals surface area contributed by atoms with Crippen LogP contribution >= 0.6 is 46.9 Å². The molecule has 1 rings (SSSR count). The minimum atomic E-state index is -3.48. The van der Waals surface area contributed by atoms with E-state index in [-0.39, 0.29) is 34.7 Å². The minimum Gasteiger partial charge on any atom is -0.357 e. The highest BCUT2D eigenvalue weighted by Gasteiger charge is 2.15. The van der Waals surface area contributed by atoms with Crippen LogP contribution in [0, 0.1) is 0 Å². The van der Waals surface area contributed by atoms with Gasteiger partial charge in [-0.2, -0.15) is 0 Å². The lowest BCUT2D eigenvalue weighted by molar-refractivity contribution is 0.582. The zero-order valence-electron chi connectivity index (χ0n) is 12.6. The summed E-state index contributed by atoms with van der Waals surface area (Å²) in [5.41, 5.74) is 0. The highest BCUT2D eigenvalue weighted by atomic mass is 127. The monoisotopic (exact) mass is 480 g/mol. The molecule has 10 heteroatoms. The van der Waals surface area contributed by atoms with Crippen LogP contribution in [0.15, 0.2) is 21.3 Å². The quantitative estimate of drug-likeness (QED) is 0.231. The first-order valence-electron chi connectivity index (χ1n) is 6.76. The van der Waals surface area contributed by atoms with Crippen molar-refractivity contribution in [3.05, 3.63) is 16.5 Å². The van der Waals surface area contributed by atoms with Crippen molar-refractivity contribution in [1.82, 2.24) is 15.4 Å². The Balaban J connectivity index is 0.00000441. The number of nitrogens with one attached hydrogen (secondary N) is 3. The van der Waals surface area contributed by atoms with Gasteiger partial charge in [-0.15, -0.1) is 35.3 Å². The van der Waals surface area contributed by atoms with Gasteiger partial charge in [-0.05, 0) is 25.5 Å². The molecule has 0 unspecified atom stereocenters. The Kier molecular flexibility index (Phi) is 11.4. The maximum atomic E-state index is 12.0. The molecule has 0 saturated carbocycles. The Morgan fingerprint density at radius 3 is 2.55 bits per heavy atom. The number of aliphatic imine (C=N–C) groups is 1. The number of hydrogen-bond acceptors (Lipinski definition) is 4. The van der Waals surface area contributed by atoms with Gasteiger partial charge in [0.2, 0.25) is 10.0 Å². The van der Waals surface area contributed by atoms with Crippen molar-refractivity contribution in [1.29, 1.82) is 0 Å². The first-order valence-corrected chi connectivity index (χ1v) is 9.44. The van der Waals surface area contributed by atoms with Crippen LogP contribution in [0.5, 0.6) is 0 Å². The lowest BCUT2D eigenvalue weighted by Crippen LogP contribution is -2.41. The van der Waals surface area contributed by atoms with Crippen molar-refractivity contribution < 1.29 is 8.42 Å². The van der Waals surface area contributed by atoms with Gasteiger partial charge in [0, 0.05) is 26.2 Å². The van der Waals surface area contributed by atoms with Crippen molar-refractivity contribution >= 4 is 62.9 Å². The van der Waals surface area contributed by atoms with Crippen LogP contribution in [-0.2, 0) is 10.0 Å². The topological polar surface area (TPSA) is 82.6 Å². The summed E-state index contributed by atoms with van der Waals surface area (Å²) in [4.78, 5) is 4.33. The Hall–Kier alpha value is -0.1000. The summed E-state index contributed by atoms with van der Waals surface area (Å²) in [6.45, 7) is 6.24. The van der Waals surface area contributed by atoms with Gasteiger partial charge in [-0.1, -0.05) is 18.5 Å². The zero-order chi connectivity index (χ0) is 15.7. The predicted octanol–water partition coefficient (Wildman–Crippen LogP) is 2.26. The molecule has 0 amide bonds. The first-order chi connectivity index (χ1) is 9.99. The zero-order valence-corrected chi connectivity index (χ0v) is 17.3. The maximum Gasteiger partial charge on any atom is 0.250 e. The smallest absolute Gasteiger partial charge is 0.250 e. The summed E-state index contributed by atoms with van der Waals surface area (Å²) in [5, 5.41) is 6.17. The maximum absolute atomic E-state index is 12.0. The Bertz CT molecular complexity index is 563. The fraction of sp³-hybridized carbons (Fsp3) is 0.583. The largest absolute Gasteiger partial charge is 0.357 e. The van der Waals surface area contributed by atoms with Gasteiger partial charge in [-0.25, -0.2) is 13.1 Å². The third kappa shape index (κ3) is 7.95. The van der Waals surface area contributed by atoms with Crippen molar-refractivity contribution in [3.63, 3.8) is 0 Å². The van der Waals surface area contributed by atoms with Crippen LogP contribution in [0.4, 0.5) is 0 Å². The summed E-state index contributed by atoms with van der Waals surface area (Å²) >= 11 is 6.78. The van der Waals surface area contributed by atoms with Crippen molar-refractivity contribution in [3.8, 4) is 0 Å². The van der Waals surface area contributed by atoms with E-state index in [1.54, 1.807) is 6.07 Å². The molecule has 1 aromatic rings. The van der Waals surface area contributed by atoms with Gasteiger partial charge in [-0.3, -0.25) is 4.99 Å². The van der Waals surface area contributed by atoms with E-state index in [4.69, 9.17) is 11.6 Å². The highest BCUT2D eigenvalue weighted by molar-refractivity contribution is 14.0. The number of guanidine groups is 1. The molecular formula is C12H22ClIN4O2S2. The van der Waals surface area contributed by atoms with Crippen LogP contribution in [0.1, 0.15) is 20.3 Å². The van der Waals surface area contributed by atoms with E-state index in [9.17, 15) is 8.42 Å². The van der Waals surface area contributed by atoms with Gasteiger partial charge >= 0.3 is 0 Å². The van der Waals surface area contributed by atoms with Crippen LogP contribution in [0.25, 0.3) is 0 Å². The van der Waals surface area contributed by atoms with Crippen molar-refractivity contribution in [2.45, 2.75) is 24.5 Å². The molecule has 0 atom stereocenters. The minimum absolute atomic E-state index is 0. The standard InChI is InChI=1S/C12H21ClN4O2S2.HI/c1-3-7-15-12(14-4-2)16-8-9-17-21(18,19)11-6-5-10(13)20-11;/h5-6,17H,3-4,7-9H2,1-2H3,(H2,14,15,16);1H. The predicted molar refractivity (Wildman–Crippen MR) is 104 cm³/mol. The molecule has 0 aliphatic carbocycles. The molecule has 1 heterocycles. The SMILES string of the molecule is CCCN=C(NCC)NCCNS(=O)(=O)c1ccc(Cl)s1.I. The summed E-state index contributed by atoms with van der Waals surface area (Å²) in [7, 11) is -3.48. The molecule has 0 saturated heterocycles. The molecule has 0 aliphatic rings. The van der Waals surface area contributed by atoms with Gasteiger partial charge in [0.1, 0.15) is 4.21 Å². The second-order valence-electron chi connectivity index (χ2n) is 4.14. The molecule has 0 spiro atoms. The Morgan fingerprint density at radius 1 is 1.27 bits per heavy atom. The van der Waals surface area contributed by atoms with E-state index in [2.05, 4.69) is 20.3 Å². The third-order valence-corrected chi connectivity index (χ3v) is 5.54. The fourth-order valence-electron chi connectivity index (χ4n) is 1.44. The molecule has 0 fully saturated rings. The number of hydrogen-bond donors (Lipinski definition) is 3. The average molecular weight is 481 g/mol. The average Bonchev–Trinajstić information content (AvgIpc) is 2.88. The normalized spacial score (nSPS) is 11.9. The molecule has 0 aliphatic heterocycles. The van der Waals surface area contributed by atoms with E-state index in [0.717, 1.165) is 30.8 Å². The Morgan fingerprint density at radius 2 is 2.00 bits per heavy atom. The van der Waals surface area contributed by atoms with Gasteiger partial charge in [0.05, 0.1) is 4.34 Å². The number of rotatable bonds is 8. The third-order valence-electron chi connectivity index (χ3n) is 2.36. The molecule has 0 aromatic carbocycles. The second-order valence-corrected chi connectivity index (χ2v) is 7.85. The molecule has 128 valence electrons. The van der Waals surface area contributed by atoms with Crippen LogP contribution in [-0.4, -0.2) is 40.6 Å². The number of sulfonamides is 1. The Labute approximate surface area is 158 Å². The molecule has 1 aromatic heterocycles. The molecule has 0 bridgehead atoms. The van der Waals surface area contributed by atoms with Crippen LogP contribution < -0.4 is 15.4 Å². The van der Waals surface area contributed by atoms with E-state index in [1.165, 1.54) is 6.07 Å². The van der Waals surface area contributed by atoms with E-state index in [1.807, 2.05) is 13.8 Å². The lowest BCUT2D eigenvalue weighted by Gasteiger charge is -2.11. The van der Waals surface area contributed by atoms with Gasteiger partial charge < -0.3 is 10.6 Å². The number of thiophene rings is 1. The van der Waals surface area contributed by atoms with E-state index >= 15 is 0 Å². The summed E-state index contributed by atoms with van der Waals surface area (Å²) < 4.78 is 27.1. The summed E-state index contributed by atoms with van der Waals surface area (Å²) in [6.07, 6.45) is 0.961. The van der Waals surface area contributed by atoms with Crippen molar-refractivity contribution in [2.75, 3.05) is 26.2 Å². The van der Waals surface area contributed by atoms with Crippen LogP contribution in [0.2, 0.25) is 4.34 Å². The van der Waals surface area contributed by atoms with Crippen LogP contribution in [0.3, 0.4) is 0 Å². The first kappa shape index (κ1) is 21.9. The van der Waals surface area contributed by atoms with Gasteiger partial charge in [0.25, 0.3) is 0 Å². The summed E-state index contributed by atoms with van der Waals surface area (Å²) in [6, 6.07) is 3.06. The summed E-state index contributed by atoms with van der Waals surface area (Å²) in [5.74, 6) is 0.692. The van der Waals surface area contributed by atoms with Crippen molar-refractivity contribution in [2.24, 2.45) is 4.99 Å². The highest BCUT2D eigenvalue weighted by Crippen LogP contribution is 2.24. The lowest BCUT2D eigenvalue weighted by atomic mass is 10.5. The molecule has 6 nitrogen and oxygen atoms in total. The molecule has 0 radical (unpaired) electrons. The van der Waals surface area contributed by atoms with E-state index < -0.39 is 10.0 Å². The number of nitrogens with zero attached hydrogens (tertiary/aromatic N) is 1. The van der Waals surface area contributed by atoms with Gasteiger partial charge in [0.15, 0.2) is 5.96 Å². The molecular weight excluding hydrogens is 459 g/mol. The second kappa shape index (κ2) is 11.4. The number of halogens is 2. The fourth-order valence-corrected chi connectivity index (χ4v) is 4.00. The molecule has 3 N–H and O–H groups in total.